The summed E-state index contributed by atoms with van der Waals surface area (Å²) in [5, 5.41) is 13.7. The smallest absolute Gasteiger partial charge is 0.263 e. The molecule has 3 nitrogen and oxygen atoms in total. The third-order valence-corrected chi connectivity index (χ3v) is 6.24. The minimum Gasteiger partial charge on any atom is -0.507 e. The zero-order valence-corrected chi connectivity index (χ0v) is 18.1. The molecule has 140 valence electrons. The van der Waals surface area contributed by atoms with Crippen LogP contribution < -0.4 is 5.32 Å². The van der Waals surface area contributed by atoms with E-state index in [0.717, 1.165) is 27.1 Å². The van der Waals surface area contributed by atoms with E-state index < -0.39 is 0 Å². The first-order valence-electron chi connectivity index (χ1n) is 8.46. The number of phenolic OH excluding ortho intramolecular Hbond substituents is 1. The van der Waals surface area contributed by atoms with Crippen LogP contribution in [0.3, 0.4) is 0 Å². The maximum atomic E-state index is 12.1. The summed E-state index contributed by atoms with van der Waals surface area (Å²) >= 11 is 7.98. The van der Waals surface area contributed by atoms with E-state index in [-0.39, 0.29) is 17.1 Å². The molecule has 0 aromatic heterocycles. The average molecular weight is 416 g/mol. The maximum Gasteiger partial charge on any atom is 0.263 e. The Kier molecular flexibility index (Phi) is 5.70. The van der Waals surface area contributed by atoms with Crippen molar-refractivity contribution in [2.24, 2.45) is 0 Å². The van der Waals surface area contributed by atoms with Crippen LogP contribution >= 0.6 is 35.7 Å². The zero-order chi connectivity index (χ0) is 19.8. The second-order valence-corrected chi connectivity index (χ2v) is 9.83. The summed E-state index contributed by atoms with van der Waals surface area (Å²) in [7, 11) is 0. The van der Waals surface area contributed by atoms with Gasteiger partial charge in [-0.3, -0.25) is 4.79 Å². The third kappa shape index (κ3) is 4.23. The summed E-state index contributed by atoms with van der Waals surface area (Å²) in [5.41, 5.74) is 3.21. The molecule has 1 amide bonds. The molecule has 2 aromatic carbocycles. The Hall–Kier alpha value is -1.76. The summed E-state index contributed by atoms with van der Waals surface area (Å²) in [4.78, 5) is 13.7. The topological polar surface area (TPSA) is 49.3 Å². The largest absolute Gasteiger partial charge is 0.507 e. The molecule has 1 heterocycles. The number of benzene rings is 2. The molecular weight excluding hydrogens is 394 g/mol. The molecule has 0 spiro atoms. The average Bonchev–Trinajstić information content (AvgIpc) is 2.92. The van der Waals surface area contributed by atoms with Crippen molar-refractivity contribution in [3.63, 3.8) is 0 Å². The Labute approximate surface area is 173 Å². The molecule has 0 atom stereocenters. The third-order valence-electron chi connectivity index (χ3n) is 4.28. The van der Waals surface area contributed by atoms with Gasteiger partial charge in [-0.05, 0) is 47.1 Å². The molecule has 2 aromatic rings. The normalized spacial score (nSPS) is 16.1. The summed E-state index contributed by atoms with van der Waals surface area (Å²) in [6.07, 6.45) is 3.85. The fourth-order valence-corrected chi connectivity index (χ4v) is 4.61. The second kappa shape index (κ2) is 7.70. The van der Waals surface area contributed by atoms with Crippen LogP contribution in [0.1, 0.15) is 31.9 Å². The number of hydrogen-bond acceptors (Lipinski definition) is 5. The summed E-state index contributed by atoms with van der Waals surface area (Å²) in [5.74, 6) is 0.103. The molecule has 27 heavy (non-hydrogen) atoms. The second-order valence-electron chi connectivity index (χ2n) is 7.27. The number of amides is 1. The van der Waals surface area contributed by atoms with Crippen LogP contribution in [0.5, 0.6) is 5.75 Å². The Morgan fingerprint density at radius 3 is 2.48 bits per heavy atom. The number of carbonyl (C=O) groups excluding carboxylic acids is 1. The lowest BCUT2D eigenvalue weighted by Crippen LogP contribution is -2.17. The van der Waals surface area contributed by atoms with Gasteiger partial charge in [0.05, 0.1) is 4.91 Å². The van der Waals surface area contributed by atoms with Crippen molar-refractivity contribution in [2.45, 2.75) is 31.1 Å². The molecular formula is C21H21NO2S3. The fraction of sp³-hybridized carbons (Fsp3) is 0.238. The van der Waals surface area contributed by atoms with Crippen LogP contribution in [0.25, 0.3) is 17.2 Å². The van der Waals surface area contributed by atoms with Crippen molar-refractivity contribution in [3.05, 3.63) is 52.4 Å². The zero-order valence-electron chi connectivity index (χ0n) is 15.6. The number of aromatic hydroxyl groups is 1. The highest BCUT2D eigenvalue weighted by Crippen LogP contribution is 2.43. The van der Waals surface area contributed by atoms with Crippen LogP contribution in [0.2, 0.25) is 0 Å². The van der Waals surface area contributed by atoms with E-state index in [2.05, 4.69) is 26.1 Å². The van der Waals surface area contributed by atoms with Crippen LogP contribution in [0, 0.1) is 0 Å². The molecule has 1 aliphatic rings. The number of phenols is 1. The molecule has 6 heteroatoms. The number of thioether (sulfide) groups is 2. The summed E-state index contributed by atoms with van der Waals surface area (Å²) in [6, 6.07) is 11.9. The van der Waals surface area contributed by atoms with Gasteiger partial charge in [-0.15, -0.1) is 11.8 Å². The van der Waals surface area contributed by atoms with Gasteiger partial charge in [0.2, 0.25) is 0 Å². The summed E-state index contributed by atoms with van der Waals surface area (Å²) in [6.45, 7) is 6.19. The minimum atomic E-state index is -0.248. The van der Waals surface area contributed by atoms with Crippen molar-refractivity contribution in [2.75, 3.05) is 6.26 Å². The van der Waals surface area contributed by atoms with E-state index in [1.807, 2.05) is 48.7 Å². The number of rotatable bonds is 3. The molecule has 0 saturated carbocycles. The van der Waals surface area contributed by atoms with Gasteiger partial charge >= 0.3 is 0 Å². The van der Waals surface area contributed by atoms with Gasteiger partial charge < -0.3 is 10.4 Å². The fourth-order valence-electron chi connectivity index (χ4n) is 2.96. The first-order chi connectivity index (χ1) is 12.7. The summed E-state index contributed by atoms with van der Waals surface area (Å²) < 4.78 is 0.467. The first kappa shape index (κ1) is 20.0. The van der Waals surface area contributed by atoms with Crippen LogP contribution in [-0.4, -0.2) is 21.6 Å². The SMILES string of the molecule is CSc1ccccc1-c1cc(C=C2SC(=S)NC2=O)cc(C(C)(C)C)c1O. The molecule has 1 aliphatic heterocycles. The molecule has 0 aliphatic carbocycles. The Bertz CT molecular complexity index is 958. The van der Waals surface area contributed by atoms with Crippen molar-refractivity contribution in [3.8, 4) is 16.9 Å². The number of hydrogen-bond donors (Lipinski definition) is 2. The Morgan fingerprint density at radius 1 is 1.19 bits per heavy atom. The minimum absolute atomic E-state index is 0.179. The predicted octanol–water partition coefficient (Wildman–Crippen LogP) is 5.57. The molecule has 1 fully saturated rings. The van der Waals surface area contributed by atoms with Gasteiger partial charge in [0.1, 0.15) is 10.1 Å². The molecule has 3 rings (SSSR count). The van der Waals surface area contributed by atoms with Crippen molar-refractivity contribution >= 4 is 52.0 Å². The quantitative estimate of drug-likeness (QED) is 0.390. The van der Waals surface area contributed by atoms with Crippen LogP contribution in [-0.2, 0) is 10.2 Å². The Morgan fingerprint density at radius 2 is 1.89 bits per heavy atom. The van der Waals surface area contributed by atoms with Crippen molar-refractivity contribution in [1.29, 1.82) is 0 Å². The number of nitrogens with one attached hydrogen (secondary N) is 1. The van der Waals surface area contributed by atoms with Crippen LogP contribution in [0.4, 0.5) is 0 Å². The lowest BCUT2D eigenvalue weighted by atomic mass is 9.83. The Balaban J connectivity index is 2.23. The molecule has 0 unspecified atom stereocenters. The predicted molar refractivity (Wildman–Crippen MR) is 120 cm³/mol. The van der Waals surface area contributed by atoms with Gasteiger partial charge in [-0.25, -0.2) is 0 Å². The maximum absolute atomic E-state index is 12.1. The van der Waals surface area contributed by atoms with E-state index in [0.29, 0.717) is 9.23 Å². The van der Waals surface area contributed by atoms with E-state index in [1.54, 1.807) is 11.8 Å². The van der Waals surface area contributed by atoms with E-state index in [9.17, 15) is 9.90 Å². The first-order valence-corrected chi connectivity index (χ1v) is 10.9. The van der Waals surface area contributed by atoms with E-state index in [4.69, 9.17) is 12.2 Å². The van der Waals surface area contributed by atoms with Gasteiger partial charge in [-0.1, -0.05) is 63.0 Å². The van der Waals surface area contributed by atoms with Gasteiger partial charge in [0.25, 0.3) is 5.91 Å². The van der Waals surface area contributed by atoms with Gasteiger partial charge in [0, 0.05) is 16.0 Å². The monoisotopic (exact) mass is 415 g/mol. The molecule has 0 radical (unpaired) electrons. The molecule has 1 saturated heterocycles. The van der Waals surface area contributed by atoms with Gasteiger partial charge in [-0.2, -0.15) is 0 Å². The van der Waals surface area contributed by atoms with Crippen molar-refractivity contribution in [1.82, 2.24) is 5.32 Å². The molecule has 2 N–H and O–H groups in total. The standard InChI is InChI=1S/C21H21NO2S3/c1-21(2,3)15-10-12(11-17-19(24)22-20(25)27-17)9-14(18(15)23)13-7-5-6-8-16(13)26-4/h5-11,23H,1-4H3,(H,22,24,25). The van der Waals surface area contributed by atoms with E-state index in [1.165, 1.54) is 11.8 Å². The van der Waals surface area contributed by atoms with Crippen molar-refractivity contribution < 1.29 is 9.90 Å². The van der Waals surface area contributed by atoms with E-state index >= 15 is 0 Å². The lowest BCUT2D eigenvalue weighted by Gasteiger charge is -2.23. The highest BCUT2D eigenvalue weighted by atomic mass is 32.2. The van der Waals surface area contributed by atoms with Gasteiger partial charge in [0.15, 0.2) is 0 Å². The number of thiocarbonyl (C=S) groups is 1. The lowest BCUT2D eigenvalue weighted by molar-refractivity contribution is -0.115. The highest BCUT2D eigenvalue weighted by molar-refractivity contribution is 8.26. The molecule has 0 bridgehead atoms. The highest BCUT2D eigenvalue weighted by Gasteiger charge is 2.25. The number of carbonyl (C=O) groups is 1. The van der Waals surface area contributed by atoms with Crippen LogP contribution in [0.15, 0.2) is 46.2 Å².